The smallest absolute Gasteiger partial charge is 0.276 e. The fraction of sp³-hybridized carbons (Fsp3) is 0.444. The quantitative estimate of drug-likeness (QED) is 0.555. The van der Waals surface area contributed by atoms with Crippen molar-refractivity contribution < 1.29 is 33.1 Å². The van der Waals surface area contributed by atoms with E-state index in [1.807, 2.05) is 13.8 Å². The number of hydrogen-bond donors (Lipinski definition) is 2. The molecule has 0 spiro atoms. The lowest BCUT2D eigenvalue weighted by Gasteiger charge is -2.54. The van der Waals surface area contributed by atoms with Crippen LogP contribution in [-0.2, 0) is 22.7 Å². The molecule has 2 aromatic rings. The molecule has 0 radical (unpaired) electrons. The number of Topliss-reactive ketones (excluding diaryl/α,β-unsaturated/α-hetero) is 1. The molecule has 2 aliphatic heterocycles. The second-order valence-corrected chi connectivity index (χ2v) is 10.6. The Morgan fingerprint density at radius 2 is 1.92 bits per heavy atom. The minimum Gasteiger partial charge on any atom is -0.503 e. The highest BCUT2D eigenvalue weighted by Gasteiger charge is 2.55. The van der Waals surface area contributed by atoms with Crippen LogP contribution in [0.15, 0.2) is 29.2 Å². The molecule has 1 aromatic heterocycles. The molecule has 10 nitrogen and oxygen atoms in total. The molecule has 5 rings (SSSR count). The number of carbonyl (C=O) groups excluding carboxylic acids is 4. The number of amides is 3. The molecule has 1 aromatic carbocycles. The highest BCUT2D eigenvalue weighted by atomic mass is 19.1. The first-order valence-electron chi connectivity index (χ1n) is 12.8. The molecule has 2 N–H and O–H groups in total. The van der Waals surface area contributed by atoms with Crippen LogP contribution < -0.4 is 10.7 Å². The number of aromatic hydroxyl groups is 1. The Hall–Kier alpha value is -4.09. The summed E-state index contributed by atoms with van der Waals surface area (Å²) in [5.74, 6) is -5.76. The third-order valence-corrected chi connectivity index (χ3v) is 7.56. The molecule has 0 bridgehead atoms. The second-order valence-electron chi connectivity index (χ2n) is 10.6. The van der Waals surface area contributed by atoms with Crippen LogP contribution in [-0.4, -0.2) is 61.7 Å². The summed E-state index contributed by atoms with van der Waals surface area (Å²) in [5, 5.41) is 13.2. The van der Waals surface area contributed by atoms with Crippen molar-refractivity contribution in [3.05, 3.63) is 63.1 Å². The molecule has 1 saturated heterocycles. The van der Waals surface area contributed by atoms with Crippen LogP contribution in [0.2, 0.25) is 0 Å². The number of halogens is 2. The number of nitrogens with one attached hydrogen (secondary N) is 1. The van der Waals surface area contributed by atoms with E-state index in [4.69, 9.17) is 0 Å². The first-order chi connectivity index (χ1) is 18.5. The summed E-state index contributed by atoms with van der Waals surface area (Å²) in [6, 6.07) is 2.16. The van der Waals surface area contributed by atoms with Gasteiger partial charge in [0.05, 0.1) is 12.6 Å². The highest BCUT2D eigenvalue weighted by Crippen LogP contribution is 2.39. The molecule has 3 atom stereocenters. The van der Waals surface area contributed by atoms with Crippen LogP contribution in [0.4, 0.5) is 8.78 Å². The van der Waals surface area contributed by atoms with Gasteiger partial charge in [-0.2, -0.15) is 0 Å². The van der Waals surface area contributed by atoms with Crippen LogP contribution in [0.1, 0.15) is 59.5 Å². The molecule has 0 unspecified atom stereocenters. The number of benzene rings is 1. The van der Waals surface area contributed by atoms with E-state index in [0.717, 1.165) is 18.3 Å². The first kappa shape index (κ1) is 26.5. The van der Waals surface area contributed by atoms with Crippen molar-refractivity contribution in [2.75, 3.05) is 6.54 Å². The van der Waals surface area contributed by atoms with Gasteiger partial charge in [0, 0.05) is 37.3 Å². The Morgan fingerprint density at radius 1 is 1.18 bits per heavy atom. The third kappa shape index (κ3) is 4.47. The maximum atomic E-state index is 14.0. The summed E-state index contributed by atoms with van der Waals surface area (Å²) in [7, 11) is 0. The Kier molecular flexibility index (Phi) is 6.73. The van der Waals surface area contributed by atoms with Crippen molar-refractivity contribution in [1.82, 2.24) is 19.7 Å². The van der Waals surface area contributed by atoms with Gasteiger partial charge in [-0.1, -0.05) is 19.9 Å². The molecular weight excluding hydrogens is 514 g/mol. The average molecular weight is 543 g/mol. The standard InChI is InChI=1S/C27H28F2N4O6/c1-13(2)10-32-20-12-31-11-16(25(37)30-9-14-6-7-15(28)8-17(14)29)23(35)24(36)22(31)27(39)33(20)18-4-3-5-19(34)21(18)26(32)38/h6-8,11,13,18,20-21,36H,3-5,9-10,12H2,1-2H3,(H,30,37)/t18-,20-,21-/m0/s1. The number of rotatable bonds is 5. The van der Waals surface area contributed by atoms with Crippen molar-refractivity contribution in [2.45, 2.75) is 58.4 Å². The van der Waals surface area contributed by atoms with Gasteiger partial charge in [-0.25, -0.2) is 8.78 Å². The monoisotopic (exact) mass is 542 g/mol. The summed E-state index contributed by atoms with van der Waals surface area (Å²) in [6.45, 7) is 3.70. The summed E-state index contributed by atoms with van der Waals surface area (Å²) >= 11 is 0. The van der Waals surface area contributed by atoms with Crippen molar-refractivity contribution in [3.8, 4) is 5.75 Å². The van der Waals surface area contributed by atoms with Gasteiger partial charge in [-0.15, -0.1) is 0 Å². The van der Waals surface area contributed by atoms with Crippen LogP contribution in [0.5, 0.6) is 5.75 Å². The minimum atomic E-state index is -1.09. The summed E-state index contributed by atoms with van der Waals surface area (Å²) in [6.07, 6.45) is 1.56. The molecule has 12 heteroatoms. The van der Waals surface area contributed by atoms with E-state index in [-0.39, 0.29) is 54.9 Å². The van der Waals surface area contributed by atoms with Gasteiger partial charge in [-0.05, 0) is 24.8 Å². The van der Waals surface area contributed by atoms with Crippen molar-refractivity contribution in [1.29, 1.82) is 0 Å². The summed E-state index contributed by atoms with van der Waals surface area (Å²) < 4.78 is 28.4. The zero-order chi connectivity index (χ0) is 28.2. The topological polar surface area (TPSA) is 129 Å². The largest absolute Gasteiger partial charge is 0.503 e. The molecule has 206 valence electrons. The van der Waals surface area contributed by atoms with Crippen molar-refractivity contribution >= 4 is 23.5 Å². The normalized spacial score (nSPS) is 22.5. The summed E-state index contributed by atoms with van der Waals surface area (Å²) in [5.41, 5.74) is -1.91. The van der Waals surface area contributed by atoms with Gasteiger partial charge in [-0.3, -0.25) is 24.0 Å². The fourth-order valence-corrected chi connectivity index (χ4v) is 5.81. The summed E-state index contributed by atoms with van der Waals surface area (Å²) in [4.78, 5) is 68.8. The zero-order valence-electron chi connectivity index (χ0n) is 21.4. The fourth-order valence-electron chi connectivity index (χ4n) is 5.81. The second kappa shape index (κ2) is 9.90. The number of nitrogens with zero attached hydrogens (tertiary/aromatic N) is 3. The lowest BCUT2D eigenvalue weighted by Crippen LogP contribution is -2.71. The predicted octanol–water partition coefficient (Wildman–Crippen LogP) is 1.78. The number of carbonyl (C=O) groups is 4. The van der Waals surface area contributed by atoms with E-state index in [1.54, 1.807) is 0 Å². The van der Waals surface area contributed by atoms with Gasteiger partial charge < -0.3 is 24.8 Å². The van der Waals surface area contributed by atoms with E-state index in [9.17, 15) is 37.9 Å². The lowest BCUT2D eigenvalue weighted by molar-refractivity contribution is -0.163. The Balaban J connectivity index is 1.51. The number of pyridine rings is 1. The minimum absolute atomic E-state index is 0.0144. The van der Waals surface area contributed by atoms with Crippen LogP contribution in [0, 0.1) is 23.5 Å². The van der Waals surface area contributed by atoms with Crippen molar-refractivity contribution in [2.24, 2.45) is 11.8 Å². The molecule has 3 amide bonds. The molecule has 39 heavy (non-hydrogen) atoms. The average Bonchev–Trinajstić information content (AvgIpc) is 2.87. The molecule has 1 saturated carbocycles. The van der Waals surface area contributed by atoms with E-state index >= 15 is 0 Å². The van der Waals surface area contributed by atoms with Crippen LogP contribution in [0.25, 0.3) is 0 Å². The molecule has 3 heterocycles. The van der Waals surface area contributed by atoms with E-state index in [2.05, 4.69) is 5.32 Å². The third-order valence-electron chi connectivity index (χ3n) is 7.56. The van der Waals surface area contributed by atoms with Gasteiger partial charge in [0.25, 0.3) is 11.8 Å². The lowest BCUT2D eigenvalue weighted by atomic mass is 9.78. The molecule has 1 aliphatic carbocycles. The maximum Gasteiger partial charge on any atom is 0.276 e. The Labute approximate surface area is 222 Å². The zero-order valence-corrected chi connectivity index (χ0v) is 21.4. The Morgan fingerprint density at radius 3 is 2.62 bits per heavy atom. The molecule has 2 fully saturated rings. The van der Waals surface area contributed by atoms with Gasteiger partial charge in [0.1, 0.15) is 35.1 Å². The Bertz CT molecular complexity index is 1450. The van der Waals surface area contributed by atoms with Crippen molar-refractivity contribution in [3.63, 3.8) is 0 Å². The van der Waals surface area contributed by atoms with Gasteiger partial charge in [0.15, 0.2) is 11.4 Å². The van der Waals surface area contributed by atoms with Crippen LogP contribution >= 0.6 is 0 Å². The van der Waals surface area contributed by atoms with E-state index < -0.39 is 58.3 Å². The number of ketones is 1. The maximum absolute atomic E-state index is 14.0. The number of aromatic nitrogens is 1. The van der Waals surface area contributed by atoms with Gasteiger partial charge in [0.2, 0.25) is 11.3 Å². The van der Waals surface area contributed by atoms with E-state index in [1.165, 1.54) is 14.4 Å². The first-order valence-corrected chi connectivity index (χ1v) is 12.8. The highest BCUT2D eigenvalue weighted by molar-refractivity contribution is 6.06. The number of fused-ring (bicyclic) bond motifs is 4. The predicted molar refractivity (Wildman–Crippen MR) is 133 cm³/mol. The number of hydrogen-bond acceptors (Lipinski definition) is 6. The SMILES string of the molecule is CC(C)CN1C(=O)[C@@H]2C(=O)CCC[C@@H]2N2C(=O)c3c(O)c(=O)c(C(=O)NCc4ccc(F)cc4F)cn3C[C@@H]12. The van der Waals surface area contributed by atoms with E-state index in [0.29, 0.717) is 18.9 Å². The molecular formula is C27H28F2N4O6. The van der Waals surface area contributed by atoms with Crippen LogP contribution in [0.3, 0.4) is 0 Å². The molecule has 3 aliphatic rings. The van der Waals surface area contributed by atoms with Gasteiger partial charge >= 0.3 is 0 Å².